The van der Waals surface area contributed by atoms with E-state index in [4.69, 9.17) is 20.8 Å². The van der Waals surface area contributed by atoms with Crippen molar-refractivity contribution in [3.05, 3.63) is 0 Å². The van der Waals surface area contributed by atoms with E-state index in [9.17, 15) is 86.8 Å². The summed E-state index contributed by atoms with van der Waals surface area (Å²) in [5.74, 6) is 0. The van der Waals surface area contributed by atoms with E-state index in [2.05, 4.69) is 0 Å². The SMILES string of the molecule is O[Te](F)(F)(F)(F)F.O[Te](F)(F)(F)(F)F.O[Te](F)(F)(F)(F)F.O[Te](F)(F)(F)(F)F.O[Te](F)(F)(F)(F)F.O[Te](F)(F)(F)(F)F.[Ag+].[Ag+].[Ti+2]. The predicted molar refractivity (Wildman–Crippen MR) is 81.1 cm³/mol. The molecule has 0 aliphatic rings. The van der Waals surface area contributed by atoms with Crippen LogP contribution in [0.1, 0.15) is 0 Å². The number of halogens is 30. The molecule has 0 radical (unpaired) electrons. The number of hydrogen-bond donors (Lipinski definition) is 6. The Kier molecular flexibility index (Phi) is 19.4. The molecule has 0 aliphatic carbocycles. The second kappa shape index (κ2) is 12.3. The summed E-state index contributed by atoms with van der Waals surface area (Å²) in [6, 6.07) is 0. The molecule has 0 bridgehead atoms. The van der Waals surface area contributed by atoms with Gasteiger partial charge in [-0.3, -0.25) is 0 Å². The molecule has 0 aromatic rings. The topological polar surface area (TPSA) is 121 Å². The number of rotatable bonds is 0. The van der Waals surface area contributed by atoms with Crippen LogP contribution < -0.4 is 0 Å². The average molecular weight is 1700 g/mol. The molecule has 0 saturated carbocycles. The second-order valence-corrected chi connectivity index (χ2v) is 37.4. The van der Waals surface area contributed by atoms with Gasteiger partial charge in [-0.15, -0.1) is 0 Å². The van der Waals surface area contributed by atoms with Gasteiger partial charge < -0.3 is 0 Å². The first-order chi connectivity index (χ1) is 14.7. The molecule has 45 heteroatoms. The zero-order valence-electron chi connectivity index (χ0n) is 17.6. The molecule has 310 valence electrons. The Balaban J connectivity index is -0.0000000487. The van der Waals surface area contributed by atoms with Gasteiger partial charge in [0.25, 0.3) is 0 Å². The van der Waals surface area contributed by atoms with Crippen molar-refractivity contribution < 1.29 is 174 Å². The monoisotopic (exact) mass is 1710 g/mol. The molecule has 45 heavy (non-hydrogen) atoms. The standard InChI is InChI=1S/2Ag.6F5HOTe.Ti/c;;6*1-7(2,3,4,5)6;/h;;6*6H;/q2*+1;;;;;;;+2. The Hall–Kier alpha value is 4.59. The average Bonchev–Trinajstić information content (AvgIpc) is 1.70. The second-order valence-electron chi connectivity index (χ2n) is 5.57. The summed E-state index contributed by atoms with van der Waals surface area (Å²) in [6.07, 6.45) is 0. The molecule has 0 saturated heterocycles. The minimum absolute atomic E-state index is 0. The largest absolute Gasteiger partial charge is 2.00 e. The minimum atomic E-state index is -10.7. The van der Waals surface area contributed by atoms with E-state index in [1.807, 2.05) is 0 Å². The van der Waals surface area contributed by atoms with Crippen LogP contribution in [0.5, 0.6) is 0 Å². The summed E-state index contributed by atoms with van der Waals surface area (Å²) in [4.78, 5) is 0. The summed E-state index contributed by atoms with van der Waals surface area (Å²) in [5.41, 5.74) is 0. The van der Waals surface area contributed by atoms with Crippen LogP contribution in [-0.4, -0.2) is 133 Å². The first-order valence-electron chi connectivity index (χ1n) is 5.72. The van der Waals surface area contributed by atoms with Gasteiger partial charge in [0.1, 0.15) is 0 Å². The van der Waals surface area contributed by atoms with E-state index >= 15 is 0 Å². The van der Waals surface area contributed by atoms with Gasteiger partial charge in [-0.25, -0.2) is 0 Å². The molecule has 0 amide bonds. The molecule has 6 nitrogen and oxygen atoms in total. The van der Waals surface area contributed by atoms with Gasteiger partial charge in [-0.05, 0) is 0 Å². The van der Waals surface area contributed by atoms with Crippen LogP contribution in [0.3, 0.4) is 0 Å². The van der Waals surface area contributed by atoms with Crippen LogP contribution in [0.2, 0.25) is 0 Å². The van der Waals surface area contributed by atoms with Crippen molar-refractivity contribution in [3.63, 3.8) is 0 Å². The molecule has 0 aromatic heterocycles. The first kappa shape index (κ1) is 71.1. The molecule has 0 heterocycles. The van der Waals surface area contributed by atoms with Crippen LogP contribution >= 0.6 is 0 Å². The third-order valence-corrected chi connectivity index (χ3v) is 0. The van der Waals surface area contributed by atoms with Crippen LogP contribution in [0.25, 0.3) is 0 Å². The van der Waals surface area contributed by atoms with Crippen molar-refractivity contribution in [1.82, 2.24) is 0 Å². The number of hydrogen-bond acceptors (Lipinski definition) is 6. The smallest absolute Gasteiger partial charge is 1.00 e. The van der Waals surface area contributed by atoms with Crippen molar-refractivity contribution in [2.75, 3.05) is 0 Å². The van der Waals surface area contributed by atoms with Gasteiger partial charge in [-0.2, -0.15) is 0 Å². The van der Waals surface area contributed by atoms with Crippen molar-refractivity contribution in [1.29, 1.82) is 0 Å². The van der Waals surface area contributed by atoms with Crippen LogP contribution in [-0.2, 0) is 66.5 Å². The summed E-state index contributed by atoms with van der Waals surface area (Å²) in [7, 11) is 0. The fourth-order valence-electron chi connectivity index (χ4n) is 0. The first-order valence-corrected chi connectivity index (χ1v) is 38.4. The van der Waals surface area contributed by atoms with E-state index in [0.29, 0.717) is 0 Å². The Morgan fingerprint density at radius 3 is 0.178 bits per heavy atom. The Bertz CT molecular complexity index is 651. The Morgan fingerprint density at radius 1 is 0.178 bits per heavy atom. The van der Waals surface area contributed by atoms with Crippen molar-refractivity contribution >= 4 is 112 Å². The molecule has 0 aromatic carbocycles. The zero-order chi connectivity index (χ0) is 38.4. The normalized spacial score (nSPS) is 21.6. The minimum Gasteiger partial charge on any atom is 1.00 e. The summed E-state index contributed by atoms with van der Waals surface area (Å²) in [5, 5.41) is 0. The molecule has 0 fully saturated rings. The van der Waals surface area contributed by atoms with Gasteiger partial charge in [0, 0.05) is 0 Å². The van der Waals surface area contributed by atoms with Crippen molar-refractivity contribution in [3.8, 4) is 0 Å². The molecule has 0 aliphatic heterocycles. The third kappa shape index (κ3) is 5000. The molecular formula is H6Ag2F30O6Te6Ti+4. The van der Waals surface area contributed by atoms with Gasteiger partial charge in [0.15, 0.2) is 0 Å². The molecular weight excluding hydrogens is 1700 g/mol. The van der Waals surface area contributed by atoms with Crippen LogP contribution in [0.15, 0.2) is 0 Å². The fourth-order valence-corrected chi connectivity index (χ4v) is 0. The molecule has 6 N–H and O–H groups in total. The summed E-state index contributed by atoms with van der Waals surface area (Å²) in [6.45, 7) is 0. The van der Waals surface area contributed by atoms with Gasteiger partial charge in [0.2, 0.25) is 0 Å². The van der Waals surface area contributed by atoms with E-state index in [0.717, 1.165) is 0 Å². The maximum Gasteiger partial charge on any atom is 2.00 e. The quantitative estimate of drug-likeness (QED) is 0.115. The third-order valence-electron chi connectivity index (χ3n) is 0. The summed E-state index contributed by atoms with van der Waals surface area (Å²) < 4.78 is 342. The Labute approximate surface area is 281 Å². The summed E-state index contributed by atoms with van der Waals surface area (Å²) >= 11 is -64.1. The molecule has 0 spiro atoms. The molecule has 0 unspecified atom stereocenters. The van der Waals surface area contributed by atoms with E-state index < -0.39 is 112 Å². The maximum atomic E-state index is 10.1. The van der Waals surface area contributed by atoms with Crippen molar-refractivity contribution in [2.45, 2.75) is 0 Å². The van der Waals surface area contributed by atoms with Gasteiger partial charge in [0.05, 0.1) is 0 Å². The van der Waals surface area contributed by atoms with Gasteiger partial charge in [-0.1, -0.05) is 0 Å². The van der Waals surface area contributed by atoms with E-state index in [-0.39, 0.29) is 66.5 Å². The predicted octanol–water partition coefficient (Wildman–Crippen LogP) is 6.97. The molecule has 0 rings (SSSR count). The maximum absolute atomic E-state index is 10.7. The zero-order valence-corrected chi connectivity index (χ0v) is 36.1. The van der Waals surface area contributed by atoms with Crippen LogP contribution in [0, 0.1) is 0 Å². The van der Waals surface area contributed by atoms with E-state index in [1.54, 1.807) is 0 Å². The Morgan fingerprint density at radius 2 is 0.178 bits per heavy atom. The fraction of sp³-hybridized carbons (Fsp3) is 0. The van der Waals surface area contributed by atoms with Crippen LogP contribution in [0.4, 0.5) is 86.8 Å². The molecule has 0 atom stereocenters. The van der Waals surface area contributed by atoms with Crippen molar-refractivity contribution in [2.24, 2.45) is 0 Å². The van der Waals surface area contributed by atoms with E-state index in [1.165, 1.54) is 0 Å². The van der Waals surface area contributed by atoms with Gasteiger partial charge >= 0.3 is 286 Å².